The van der Waals surface area contributed by atoms with Crippen molar-refractivity contribution in [2.45, 2.75) is 37.2 Å². The van der Waals surface area contributed by atoms with Gasteiger partial charge in [0.2, 0.25) is 10.0 Å². The number of halogens is 2. The Labute approximate surface area is 128 Å². The van der Waals surface area contributed by atoms with Crippen LogP contribution in [0.15, 0.2) is 18.5 Å². The summed E-state index contributed by atoms with van der Waals surface area (Å²) in [6, 6.07) is 1.54. The highest BCUT2D eigenvalue weighted by Gasteiger charge is 2.27. The Balaban J connectivity index is 2.87. The van der Waals surface area contributed by atoms with Crippen molar-refractivity contribution in [2.24, 2.45) is 0 Å². The molecule has 0 atom stereocenters. The molecule has 0 bridgehead atoms. The highest BCUT2D eigenvalue weighted by molar-refractivity contribution is 9.12. The van der Waals surface area contributed by atoms with Crippen LogP contribution in [0.5, 0.6) is 0 Å². The summed E-state index contributed by atoms with van der Waals surface area (Å²) >= 11 is 7.75. The zero-order valence-electron chi connectivity index (χ0n) is 10.0. The number of rotatable bonds is 6. The van der Waals surface area contributed by atoms with Crippen molar-refractivity contribution in [1.82, 2.24) is 4.72 Å². The fourth-order valence-electron chi connectivity index (χ4n) is 1.32. The molecule has 0 aliphatic rings. The first-order valence-corrected chi connectivity index (χ1v) is 9.29. The second kappa shape index (κ2) is 6.32. The van der Waals surface area contributed by atoms with Crippen molar-refractivity contribution in [1.29, 1.82) is 0 Å². The Morgan fingerprint density at radius 1 is 1.39 bits per heavy atom. The maximum absolute atomic E-state index is 12.1. The van der Waals surface area contributed by atoms with Gasteiger partial charge in [-0.2, -0.15) is 0 Å². The number of sulfonamides is 1. The average molecular weight is 421 g/mol. The summed E-state index contributed by atoms with van der Waals surface area (Å²) in [5, 5.41) is 10.1. The van der Waals surface area contributed by atoms with Gasteiger partial charge >= 0.3 is 0 Å². The van der Waals surface area contributed by atoms with Gasteiger partial charge in [-0.3, -0.25) is 0 Å². The van der Waals surface area contributed by atoms with E-state index in [0.29, 0.717) is 16.6 Å². The molecule has 4 nitrogen and oxygen atoms in total. The van der Waals surface area contributed by atoms with E-state index < -0.39 is 15.6 Å². The molecule has 0 aliphatic carbocycles. The molecule has 0 fully saturated rings. The monoisotopic (exact) mass is 419 g/mol. The van der Waals surface area contributed by atoms with E-state index in [4.69, 9.17) is 0 Å². The van der Waals surface area contributed by atoms with Crippen molar-refractivity contribution in [3.05, 3.63) is 13.6 Å². The molecule has 1 rings (SSSR count). The highest BCUT2D eigenvalue weighted by Crippen LogP contribution is 2.34. The molecule has 0 saturated carbocycles. The standard InChI is InChI=1S/C10H15Br2NO3S2/c1-3-10(14,4-2)6-13-18(15,16)7-5-8(11)17-9(7)12/h5,13-14H,3-4,6H2,1-2H3. The minimum atomic E-state index is -3.60. The van der Waals surface area contributed by atoms with Gasteiger partial charge < -0.3 is 5.11 Å². The summed E-state index contributed by atoms with van der Waals surface area (Å²) in [5.74, 6) is 0. The lowest BCUT2D eigenvalue weighted by molar-refractivity contribution is 0.0377. The van der Waals surface area contributed by atoms with Crippen LogP contribution in [0.3, 0.4) is 0 Å². The Morgan fingerprint density at radius 2 is 1.94 bits per heavy atom. The minimum Gasteiger partial charge on any atom is -0.389 e. The molecule has 0 radical (unpaired) electrons. The largest absolute Gasteiger partial charge is 0.389 e. The number of nitrogens with one attached hydrogen (secondary N) is 1. The van der Waals surface area contributed by atoms with Gasteiger partial charge in [0.15, 0.2) is 0 Å². The second-order valence-corrected chi connectivity index (χ2v) is 9.43. The van der Waals surface area contributed by atoms with Crippen LogP contribution in [0.25, 0.3) is 0 Å². The van der Waals surface area contributed by atoms with Crippen molar-refractivity contribution in [3.63, 3.8) is 0 Å². The number of thiophene rings is 1. The highest BCUT2D eigenvalue weighted by atomic mass is 79.9. The third-order valence-corrected chi connectivity index (χ3v) is 6.98. The van der Waals surface area contributed by atoms with E-state index >= 15 is 0 Å². The van der Waals surface area contributed by atoms with Crippen LogP contribution in [0.4, 0.5) is 0 Å². The molecule has 0 unspecified atom stereocenters. The van der Waals surface area contributed by atoms with Crippen molar-refractivity contribution >= 4 is 53.2 Å². The summed E-state index contributed by atoms with van der Waals surface area (Å²) in [4.78, 5) is 0.189. The molecule has 104 valence electrons. The van der Waals surface area contributed by atoms with E-state index in [9.17, 15) is 13.5 Å². The number of aliphatic hydroxyl groups is 1. The molecule has 0 saturated heterocycles. The maximum atomic E-state index is 12.1. The van der Waals surface area contributed by atoms with Gasteiger partial charge in [-0.25, -0.2) is 13.1 Å². The lowest BCUT2D eigenvalue weighted by Crippen LogP contribution is -2.41. The third kappa shape index (κ3) is 4.01. The topological polar surface area (TPSA) is 66.4 Å². The predicted octanol–water partition coefficient (Wildman–Crippen LogP) is 3.10. The van der Waals surface area contributed by atoms with Gasteiger partial charge in [-0.15, -0.1) is 11.3 Å². The SMILES string of the molecule is CCC(O)(CC)CNS(=O)(=O)c1cc(Br)sc1Br. The van der Waals surface area contributed by atoms with Crippen LogP contribution < -0.4 is 4.72 Å². The maximum Gasteiger partial charge on any atom is 0.242 e. The zero-order valence-corrected chi connectivity index (χ0v) is 14.8. The molecule has 1 heterocycles. The van der Waals surface area contributed by atoms with E-state index in [-0.39, 0.29) is 11.4 Å². The molecular formula is C10H15Br2NO3S2. The van der Waals surface area contributed by atoms with Crippen molar-refractivity contribution in [3.8, 4) is 0 Å². The number of hydrogen-bond donors (Lipinski definition) is 2. The zero-order chi connectivity index (χ0) is 14.0. The molecular weight excluding hydrogens is 406 g/mol. The van der Waals surface area contributed by atoms with E-state index in [2.05, 4.69) is 36.6 Å². The molecule has 1 aromatic rings. The Kier molecular flexibility index (Phi) is 5.82. The smallest absolute Gasteiger partial charge is 0.242 e. The van der Waals surface area contributed by atoms with Crippen LogP contribution in [0.1, 0.15) is 26.7 Å². The van der Waals surface area contributed by atoms with E-state index in [0.717, 1.165) is 3.79 Å². The van der Waals surface area contributed by atoms with Crippen LogP contribution >= 0.6 is 43.2 Å². The quantitative estimate of drug-likeness (QED) is 0.742. The lowest BCUT2D eigenvalue weighted by Gasteiger charge is -2.25. The molecule has 0 aliphatic heterocycles. The minimum absolute atomic E-state index is 0.0161. The van der Waals surface area contributed by atoms with Gasteiger partial charge in [0.1, 0.15) is 4.90 Å². The van der Waals surface area contributed by atoms with Crippen LogP contribution in [0.2, 0.25) is 0 Å². The van der Waals surface area contributed by atoms with E-state index in [1.807, 2.05) is 13.8 Å². The number of hydrogen-bond acceptors (Lipinski definition) is 4. The summed E-state index contributed by atoms with van der Waals surface area (Å²) in [6.45, 7) is 3.67. The van der Waals surface area contributed by atoms with Gasteiger partial charge in [0.05, 0.1) is 13.2 Å². The summed E-state index contributed by atoms with van der Waals surface area (Å²) in [5.41, 5.74) is -0.993. The van der Waals surface area contributed by atoms with Gasteiger partial charge in [-0.1, -0.05) is 13.8 Å². The Morgan fingerprint density at radius 3 is 2.33 bits per heavy atom. The molecule has 0 amide bonds. The summed E-state index contributed by atoms with van der Waals surface area (Å²) in [7, 11) is -3.60. The van der Waals surface area contributed by atoms with Crippen LogP contribution in [-0.4, -0.2) is 25.7 Å². The Bertz CT molecular complexity index is 509. The molecule has 0 aromatic carbocycles. The molecule has 8 heteroatoms. The molecule has 2 N–H and O–H groups in total. The van der Waals surface area contributed by atoms with E-state index in [1.54, 1.807) is 0 Å². The first-order chi connectivity index (χ1) is 8.24. The van der Waals surface area contributed by atoms with Crippen molar-refractivity contribution < 1.29 is 13.5 Å². The predicted molar refractivity (Wildman–Crippen MR) is 80.4 cm³/mol. The lowest BCUT2D eigenvalue weighted by atomic mass is 9.98. The second-order valence-electron chi connectivity index (χ2n) is 3.94. The Hall–Kier alpha value is 0.530. The van der Waals surface area contributed by atoms with Gasteiger partial charge in [0.25, 0.3) is 0 Å². The van der Waals surface area contributed by atoms with Gasteiger partial charge in [0, 0.05) is 6.54 Å². The molecule has 18 heavy (non-hydrogen) atoms. The van der Waals surface area contributed by atoms with Crippen LogP contribution in [0, 0.1) is 0 Å². The van der Waals surface area contributed by atoms with Crippen molar-refractivity contribution in [2.75, 3.05) is 6.54 Å². The average Bonchev–Trinajstić information content (AvgIpc) is 2.66. The van der Waals surface area contributed by atoms with Crippen LogP contribution in [-0.2, 0) is 10.0 Å². The summed E-state index contributed by atoms with van der Waals surface area (Å²) in [6.07, 6.45) is 1.00. The molecule has 1 aromatic heterocycles. The fourth-order valence-corrected chi connectivity index (χ4v) is 6.24. The normalized spacial score (nSPS) is 12.9. The first kappa shape index (κ1) is 16.6. The third-order valence-electron chi connectivity index (χ3n) is 2.82. The van der Waals surface area contributed by atoms with E-state index in [1.165, 1.54) is 17.4 Å². The fraction of sp³-hybridized carbons (Fsp3) is 0.600. The molecule has 0 spiro atoms. The first-order valence-electron chi connectivity index (χ1n) is 5.41. The van der Waals surface area contributed by atoms with Gasteiger partial charge in [-0.05, 0) is 50.8 Å². The summed E-state index contributed by atoms with van der Waals surface area (Å²) < 4.78 is 27.9.